The molecule has 0 aromatic rings. The molecule has 1 heterocycles. The summed E-state index contributed by atoms with van der Waals surface area (Å²) >= 11 is 1.72. The molecule has 0 aromatic heterocycles. The normalized spacial score (nSPS) is 18.1. The van der Waals surface area contributed by atoms with Crippen LogP contribution in [0.4, 0.5) is 0 Å². The molecule has 0 spiro atoms. The Labute approximate surface area is 64.6 Å². The Bertz CT molecular complexity index is 163. The van der Waals surface area contributed by atoms with E-state index in [0.717, 1.165) is 17.1 Å². The Morgan fingerprint density at radius 1 is 1.80 bits per heavy atom. The number of carbonyl (C=O) groups is 1. The number of esters is 1. The van der Waals surface area contributed by atoms with E-state index >= 15 is 0 Å². The van der Waals surface area contributed by atoms with Gasteiger partial charge in [0.15, 0.2) is 0 Å². The molecule has 2 nitrogen and oxygen atoms in total. The fourth-order valence-electron chi connectivity index (χ4n) is 0.797. The molecule has 0 atom stereocenters. The standard InChI is InChI=1S/C7H10O2S/c1-2-10-6-3-4-9-7(8)5-6/h5H,2-4H2,1H3. The molecule has 0 bridgehead atoms. The Morgan fingerprint density at radius 2 is 2.60 bits per heavy atom. The molecule has 0 saturated heterocycles. The van der Waals surface area contributed by atoms with Gasteiger partial charge in [0.2, 0.25) is 0 Å². The van der Waals surface area contributed by atoms with E-state index in [2.05, 4.69) is 6.92 Å². The Morgan fingerprint density at radius 3 is 3.20 bits per heavy atom. The third kappa shape index (κ3) is 2.06. The molecule has 0 unspecified atom stereocenters. The van der Waals surface area contributed by atoms with E-state index in [0.29, 0.717) is 6.61 Å². The molecule has 0 aromatic carbocycles. The molecule has 1 aliphatic rings. The van der Waals surface area contributed by atoms with Crippen LogP contribution in [0, 0.1) is 0 Å². The summed E-state index contributed by atoms with van der Waals surface area (Å²) in [5, 5.41) is 0. The molecule has 3 heteroatoms. The van der Waals surface area contributed by atoms with Gasteiger partial charge >= 0.3 is 5.97 Å². The van der Waals surface area contributed by atoms with Gasteiger partial charge in [-0.2, -0.15) is 0 Å². The van der Waals surface area contributed by atoms with Gasteiger partial charge in [-0.3, -0.25) is 0 Å². The highest BCUT2D eigenvalue weighted by Crippen LogP contribution is 2.21. The number of hydrogen-bond acceptors (Lipinski definition) is 3. The first kappa shape index (κ1) is 7.66. The summed E-state index contributed by atoms with van der Waals surface area (Å²) in [5.41, 5.74) is 0. The minimum atomic E-state index is -0.192. The summed E-state index contributed by atoms with van der Waals surface area (Å²) in [6, 6.07) is 0. The number of hydrogen-bond donors (Lipinski definition) is 0. The number of thioether (sulfide) groups is 1. The highest BCUT2D eigenvalue weighted by molar-refractivity contribution is 8.03. The molecule has 0 N–H and O–H groups in total. The summed E-state index contributed by atoms with van der Waals surface area (Å²) in [4.78, 5) is 11.8. The first-order valence-corrected chi connectivity index (χ1v) is 4.31. The minimum absolute atomic E-state index is 0.192. The van der Waals surface area contributed by atoms with Crippen molar-refractivity contribution in [1.82, 2.24) is 0 Å². The van der Waals surface area contributed by atoms with Crippen molar-refractivity contribution in [2.45, 2.75) is 13.3 Å². The fourth-order valence-corrected chi connectivity index (χ4v) is 1.57. The first-order valence-electron chi connectivity index (χ1n) is 3.33. The third-order valence-electron chi connectivity index (χ3n) is 1.20. The molecule has 0 radical (unpaired) electrons. The van der Waals surface area contributed by atoms with E-state index in [4.69, 9.17) is 4.74 Å². The zero-order chi connectivity index (χ0) is 7.40. The second-order valence-electron chi connectivity index (χ2n) is 1.96. The van der Waals surface area contributed by atoms with Crippen LogP contribution in [-0.4, -0.2) is 18.3 Å². The van der Waals surface area contributed by atoms with Gasteiger partial charge in [0, 0.05) is 12.5 Å². The average Bonchev–Trinajstić information content (AvgIpc) is 1.88. The van der Waals surface area contributed by atoms with Gasteiger partial charge in [-0.1, -0.05) is 6.92 Å². The summed E-state index contributed by atoms with van der Waals surface area (Å²) < 4.78 is 4.73. The molecule has 0 amide bonds. The van der Waals surface area contributed by atoms with Crippen LogP contribution in [0.2, 0.25) is 0 Å². The van der Waals surface area contributed by atoms with Gasteiger partial charge in [0.25, 0.3) is 0 Å². The van der Waals surface area contributed by atoms with E-state index in [-0.39, 0.29) is 5.97 Å². The first-order chi connectivity index (χ1) is 4.83. The quantitative estimate of drug-likeness (QED) is 0.571. The van der Waals surface area contributed by atoms with Crippen molar-refractivity contribution in [3.8, 4) is 0 Å². The van der Waals surface area contributed by atoms with Gasteiger partial charge in [0.1, 0.15) is 0 Å². The van der Waals surface area contributed by atoms with Crippen LogP contribution in [0.25, 0.3) is 0 Å². The number of cyclic esters (lactones) is 1. The van der Waals surface area contributed by atoms with Gasteiger partial charge in [0.05, 0.1) is 6.61 Å². The molecule has 0 fully saturated rings. The van der Waals surface area contributed by atoms with Gasteiger partial charge in [-0.15, -0.1) is 11.8 Å². The van der Waals surface area contributed by atoms with Crippen LogP contribution >= 0.6 is 11.8 Å². The van der Waals surface area contributed by atoms with Crippen molar-refractivity contribution in [3.05, 3.63) is 11.0 Å². The lowest BCUT2D eigenvalue weighted by molar-refractivity contribution is -0.138. The van der Waals surface area contributed by atoms with Gasteiger partial charge in [-0.05, 0) is 10.7 Å². The van der Waals surface area contributed by atoms with Gasteiger partial charge in [-0.25, -0.2) is 4.79 Å². The van der Waals surface area contributed by atoms with Crippen LogP contribution < -0.4 is 0 Å². The predicted molar refractivity (Wildman–Crippen MR) is 41.8 cm³/mol. The van der Waals surface area contributed by atoms with Crippen LogP contribution in [0.5, 0.6) is 0 Å². The van der Waals surface area contributed by atoms with Crippen LogP contribution in [0.3, 0.4) is 0 Å². The second kappa shape index (κ2) is 3.66. The van der Waals surface area contributed by atoms with E-state index in [9.17, 15) is 4.79 Å². The lowest BCUT2D eigenvalue weighted by Crippen LogP contribution is -2.09. The van der Waals surface area contributed by atoms with Crippen LogP contribution in [0.15, 0.2) is 11.0 Å². The summed E-state index contributed by atoms with van der Waals surface area (Å²) in [5.74, 6) is 0.834. The van der Waals surface area contributed by atoms with Crippen LogP contribution in [0.1, 0.15) is 13.3 Å². The third-order valence-corrected chi connectivity index (χ3v) is 2.18. The van der Waals surface area contributed by atoms with Crippen LogP contribution in [-0.2, 0) is 9.53 Å². The average molecular weight is 158 g/mol. The highest BCUT2D eigenvalue weighted by Gasteiger charge is 2.09. The lowest BCUT2D eigenvalue weighted by atomic mass is 10.3. The maximum Gasteiger partial charge on any atom is 0.331 e. The van der Waals surface area contributed by atoms with E-state index < -0.39 is 0 Å². The Balaban J connectivity index is 2.49. The Kier molecular flexibility index (Phi) is 2.81. The van der Waals surface area contributed by atoms with Crippen molar-refractivity contribution < 1.29 is 9.53 Å². The summed E-state index contributed by atoms with van der Waals surface area (Å²) in [6.45, 7) is 2.63. The predicted octanol–water partition coefficient (Wildman–Crippen LogP) is 1.57. The zero-order valence-corrected chi connectivity index (χ0v) is 6.74. The highest BCUT2D eigenvalue weighted by atomic mass is 32.2. The maximum absolute atomic E-state index is 10.6. The zero-order valence-electron chi connectivity index (χ0n) is 5.92. The van der Waals surface area contributed by atoms with Crippen molar-refractivity contribution in [2.24, 2.45) is 0 Å². The smallest absolute Gasteiger partial charge is 0.331 e. The van der Waals surface area contributed by atoms with E-state index in [1.165, 1.54) is 0 Å². The lowest BCUT2D eigenvalue weighted by Gasteiger charge is -2.10. The van der Waals surface area contributed by atoms with Crippen molar-refractivity contribution in [3.63, 3.8) is 0 Å². The molecular weight excluding hydrogens is 148 g/mol. The molecule has 1 rings (SSSR count). The number of carbonyl (C=O) groups excluding carboxylic acids is 1. The fraction of sp³-hybridized carbons (Fsp3) is 0.571. The number of rotatable bonds is 2. The second-order valence-corrected chi connectivity index (χ2v) is 3.35. The SMILES string of the molecule is CCSC1=CC(=O)OCC1. The summed E-state index contributed by atoms with van der Waals surface area (Å²) in [6.07, 6.45) is 2.47. The van der Waals surface area contributed by atoms with E-state index in [1.54, 1.807) is 17.8 Å². The number of ether oxygens (including phenoxy) is 1. The Hall–Kier alpha value is -0.440. The van der Waals surface area contributed by atoms with Crippen molar-refractivity contribution in [2.75, 3.05) is 12.4 Å². The topological polar surface area (TPSA) is 26.3 Å². The molecule has 0 aliphatic carbocycles. The largest absolute Gasteiger partial charge is 0.462 e. The summed E-state index contributed by atoms with van der Waals surface area (Å²) in [7, 11) is 0. The minimum Gasteiger partial charge on any atom is -0.462 e. The van der Waals surface area contributed by atoms with Gasteiger partial charge < -0.3 is 4.74 Å². The van der Waals surface area contributed by atoms with Crippen molar-refractivity contribution in [1.29, 1.82) is 0 Å². The molecular formula is C7H10O2S. The molecule has 1 aliphatic heterocycles. The monoisotopic (exact) mass is 158 g/mol. The van der Waals surface area contributed by atoms with E-state index in [1.807, 2.05) is 0 Å². The molecule has 10 heavy (non-hydrogen) atoms. The molecule has 0 saturated carbocycles. The van der Waals surface area contributed by atoms with Crippen molar-refractivity contribution >= 4 is 17.7 Å². The maximum atomic E-state index is 10.6. The molecule has 56 valence electrons.